The molecule has 0 N–H and O–H groups in total. The summed E-state index contributed by atoms with van der Waals surface area (Å²) in [7, 11) is 1.57. The second-order valence-electron chi connectivity index (χ2n) is 4.02. The number of nitrogens with zero attached hydrogens (tertiary/aromatic N) is 3. The van der Waals surface area contributed by atoms with Crippen LogP contribution < -0.4 is 4.74 Å². The number of benzene rings is 1. The highest BCUT2D eigenvalue weighted by atomic mass is 79.9. The Hall–Kier alpha value is -1.02. The van der Waals surface area contributed by atoms with Crippen LogP contribution in [0.3, 0.4) is 0 Å². The van der Waals surface area contributed by atoms with E-state index in [4.69, 9.17) is 4.74 Å². The van der Waals surface area contributed by atoms with E-state index in [1.807, 2.05) is 0 Å². The molecule has 0 spiro atoms. The summed E-state index contributed by atoms with van der Waals surface area (Å²) in [5.41, 5.74) is 0.792. The molecule has 0 fully saturated rings. The smallest absolute Gasteiger partial charge is 0.344 e. The van der Waals surface area contributed by atoms with E-state index in [2.05, 4.69) is 42.2 Å². The molecule has 0 atom stereocenters. The number of methoxy groups -OCH3 is 1. The van der Waals surface area contributed by atoms with Crippen LogP contribution in [-0.2, 0) is 16.7 Å². The first-order valence-electron chi connectivity index (χ1n) is 5.64. The van der Waals surface area contributed by atoms with Gasteiger partial charge in [-0.1, -0.05) is 33.3 Å². The van der Waals surface area contributed by atoms with Gasteiger partial charge in [-0.2, -0.15) is 8.78 Å². The second kappa shape index (κ2) is 6.17. The first-order chi connectivity index (χ1) is 9.45. The van der Waals surface area contributed by atoms with Crippen LogP contribution in [0.15, 0.2) is 24.3 Å². The van der Waals surface area contributed by atoms with Gasteiger partial charge in [-0.3, -0.25) is 0 Å². The molecule has 0 unspecified atom stereocenters. The molecule has 108 valence electrons. The van der Waals surface area contributed by atoms with Crippen molar-refractivity contribution in [1.82, 2.24) is 15.0 Å². The standard InChI is InChI=1S/C12H11Br2F2N3O/c1-20-9-4-2-8(3-5-9)7-19-11(12(14,15)16)10(6-13)17-18-19/h2-5H,6-7H2,1H3. The lowest BCUT2D eigenvalue weighted by Gasteiger charge is -2.12. The average molecular weight is 411 g/mol. The highest BCUT2D eigenvalue weighted by Gasteiger charge is 2.35. The number of rotatable bonds is 5. The second-order valence-corrected chi connectivity index (χ2v) is 5.58. The SMILES string of the molecule is COc1ccc(Cn2nnc(CBr)c2C(F)(F)Br)cc1. The third kappa shape index (κ3) is 3.35. The van der Waals surface area contributed by atoms with Gasteiger partial charge in [0.1, 0.15) is 17.1 Å². The first-order valence-corrected chi connectivity index (χ1v) is 7.55. The predicted molar refractivity (Wildman–Crippen MR) is 77.6 cm³/mol. The average Bonchev–Trinajstić information content (AvgIpc) is 2.82. The van der Waals surface area contributed by atoms with Crippen LogP contribution in [0.5, 0.6) is 5.75 Å². The van der Waals surface area contributed by atoms with Gasteiger partial charge in [0, 0.05) is 5.33 Å². The molecule has 4 nitrogen and oxygen atoms in total. The maximum absolute atomic E-state index is 13.6. The molecule has 0 radical (unpaired) electrons. The van der Waals surface area contributed by atoms with Crippen LogP contribution >= 0.6 is 31.9 Å². The Morgan fingerprint density at radius 1 is 1.30 bits per heavy atom. The minimum atomic E-state index is -3.17. The van der Waals surface area contributed by atoms with E-state index in [0.717, 1.165) is 5.56 Å². The Morgan fingerprint density at radius 2 is 1.95 bits per heavy atom. The molecule has 0 bridgehead atoms. The molecule has 0 amide bonds. The van der Waals surface area contributed by atoms with Gasteiger partial charge in [-0.05, 0) is 33.6 Å². The van der Waals surface area contributed by atoms with Crippen molar-refractivity contribution in [3.05, 3.63) is 41.2 Å². The number of halogens is 4. The van der Waals surface area contributed by atoms with Crippen LogP contribution in [0.1, 0.15) is 17.0 Å². The fourth-order valence-electron chi connectivity index (χ4n) is 1.76. The normalized spacial score (nSPS) is 11.7. The van der Waals surface area contributed by atoms with Crippen molar-refractivity contribution >= 4 is 31.9 Å². The Kier molecular flexibility index (Phi) is 4.74. The predicted octanol–water partition coefficient (Wildman–Crippen LogP) is 3.67. The van der Waals surface area contributed by atoms with Crippen molar-refractivity contribution in [1.29, 1.82) is 0 Å². The molecular weight excluding hydrogens is 400 g/mol. The zero-order valence-electron chi connectivity index (χ0n) is 10.5. The number of hydrogen-bond donors (Lipinski definition) is 0. The Balaban J connectivity index is 2.31. The van der Waals surface area contributed by atoms with Gasteiger partial charge in [-0.15, -0.1) is 5.10 Å². The number of hydrogen-bond acceptors (Lipinski definition) is 3. The van der Waals surface area contributed by atoms with Crippen LogP contribution in [0.4, 0.5) is 8.78 Å². The molecule has 8 heteroatoms. The number of ether oxygens (including phenoxy) is 1. The summed E-state index contributed by atoms with van der Waals surface area (Å²) in [6.07, 6.45) is 0. The first kappa shape index (κ1) is 15.4. The zero-order valence-corrected chi connectivity index (χ0v) is 13.7. The van der Waals surface area contributed by atoms with E-state index in [-0.39, 0.29) is 23.3 Å². The van der Waals surface area contributed by atoms with Crippen molar-refractivity contribution in [2.24, 2.45) is 0 Å². The Morgan fingerprint density at radius 3 is 2.45 bits per heavy atom. The van der Waals surface area contributed by atoms with Crippen molar-refractivity contribution in [2.75, 3.05) is 7.11 Å². The molecule has 1 aromatic carbocycles. The summed E-state index contributed by atoms with van der Waals surface area (Å²) in [6, 6.07) is 7.13. The van der Waals surface area contributed by atoms with Gasteiger partial charge in [0.25, 0.3) is 0 Å². The third-order valence-corrected chi connectivity index (χ3v) is 3.60. The van der Waals surface area contributed by atoms with Gasteiger partial charge in [0.2, 0.25) is 0 Å². The molecule has 1 aromatic heterocycles. The minimum absolute atomic E-state index is 0.209. The monoisotopic (exact) mass is 409 g/mol. The minimum Gasteiger partial charge on any atom is -0.497 e. The van der Waals surface area contributed by atoms with Gasteiger partial charge in [-0.25, -0.2) is 4.68 Å². The Labute approximate surface area is 131 Å². The molecule has 0 saturated heterocycles. The van der Waals surface area contributed by atoms with Gasteiger partial charge < -0.3 is 4.74 Å². The maximum atomic E-state index is 13.6. The molecule has 0 aliphatic rings. The lowest BCUT2D eigenvalue weighted by atomic mass is 10.2. The highest BCUT2D eigenvalue weighted by Crippen LogP contribution is 2.36. The van der Waals surface area contributed by atoms with Gasteiger partial charge >= 0.3 is 4.83 Å². The molecule has 0 aliphatic heterocycles. The molecular formula is C12H11Br2F2N3O. The Bertz CT molecular complexity index is 581. The molecule has 2 rings (SSSR count). The summed E-state index contributed by atoms with van der Waals surface area (Å²) < 4.78 is 33.4. The zero-order chi connectivity index (χ0) is 14.8. The largest absolute Gasteiger partial charge is 0.497 e. The van der Waals surface area contributed by atoms with E-state index < -0.39 is 4.83 Å². The maximum Gasteiger partial charge on any atom is 0.344 e. The van der Waals surface area contributed by atoms with E-state index in [1.54, 1.807) is 31.4 Å². The fourth-order valence-corrected chi connectivity index (χ4v) is 2.57. The lowest BCUT2D eigenvalue weighted by molar-refractivity contribution is 0.102. The van der Waals surface area contributed by atoms with Crippen molar-refractivity contribution in [3.63, 3.8) is 0 Å². The van der Waals surface area contributed by atoms with Crippen molar-refractivity contribution in [3.8, 4) is 5.75 Å². The van der Waals surface area contributed by atoms with Crippen molar-refractivity contribution in [2.45, 2.75) is 16.7 Å². The third-order valence-electron chi connectivity index (χ3n) is 2.69. The van der Waals surface area contributed by atoms with Gasteiger partial charge in [0.05, 0.1) is 13.7 Å². The van der Waals surface area contributed by atoms with E-state index in [1.165, 1.54) is 4.68 Å². The fraction of sp³-hybridized carbons (Fsp3) is 0.333. The molecule has 20 heavy (non-hydrogen) atoms. The van der Waals surface area contributed by atoms with Crippen LogP contribution in [0.2, 0.25) is 0 Å². The summed E-state index contributed by atoms with van der Waals surface area (Å²) in [4.78, 5) is -3.17. The molecule has 0 aliphatic carbocycles. The van der Waals surface area contributed by atoms with Crippen LogP contribution in [0.25, 0.3) is 0 Å². The molecule has 2 aromatic rings. The summed E-state index contributed by atoms with van der Waals surface area (Å²) >= 11 is 5.50. The summed E-state index contributed by atoms with van der Waals surface area (Å²) in [5.74, 6) is 0.708. The van der Waals surface area contributed by atoms with E-state index in [0.29, 0.717) is 5.75 Å². The lowest BCUT2D eigenvalue weighted by Crippen LogP contribution is -2.15. The van der Waals surface area contributed by atoms with E-state index >= 15 is 0 Å². The van der Waals surface area contributed by atoms with Crippen LogP contribution in [-0.4, -0.2) is 22.1 Å². The summed E-state index contributed by atoms with van der Waals surface area (Å²) in [5, 5.41) is 7.76. The molecule has 0 saturated carbocycles. The quantitative estimate of drug-likeness (QED) is 0.706. The van der Waals surface area contributed by atoms with Gasteiger partial charge in [0.15, 0.2) is 0 Å². The highest BCUT2D eigenvalue weighted by molar-refractivity contribution is 9.09. The van der Waals surface area contributed by atoms with Crippen LogP contribution in [0, 0.1) is 0 Å². The van der Waals surface area contributed by atoms with E-state index in [9.17, 15) is 8.78 Å². The number of alkyl halides is 4. The molecule has 1 heterocycles. The topological polar surface area (TPSA) is 39.9 Å². The summed E-state index contributed by atoms with van der Waals surface area (Å²) in [6.45, 7) is 0.209. The number of aromatic nitrogens is 3. The van der Waals surface area contributed by atoms with Crippen molar-refractivity contribution < 1.29 is 13.5 Å².